The van der Waals surface area contributed by atoms with Crippen LogP contribution in [0.5, 0.6) is 0 Å². The number of amides is 1. The Bertz CT molecular complexity index is 494. The Morgan fingerprint density at radius 2 is 1.82 bits per heavy atom. The number of rotatable bonds is 3. The molecule has 4 nitrogen and oxygen atoms in total. The van der Waals surface area contributed by atoms with Crippen LogP contribution in [-0.2, 0) is 11.2 Å². The van der Waals surface area contributed by atoms with Crippen LogP contribution in [0.3, 0.4) is 0 Å². The van der Waals surface area contributed by atoms with Crippen LogP contribution in [0.4, 0.5) is 5.69 Å². The van der Waals surface area contributed by atoms with E-state index in [4.69, 9.17) is 5.73 Å². The van der Waals surface area contributed by atoms with Crippen LogP contribution in [0.2, 0.25) is 0 Å². The first-order chi connectivity index (χ1) is 10.2. The van der Waals surface area contributed by atoms with E-state index in [9.17, 15) is 4.79 Å². The summed E-state index contributed by atoms with van der Waals surface area (Å²) < 4.78 is 0. The third-order valence-electron chi connectivity index (χ3n) is 4.81. The third-order valence-corrected chi connectivity index (χ3v) is 4.81. The van der Waals surface area contributed by atoms with Crippen LogP contribution >= 0.6 is 12.4 Å². The molecule has 0 aromatic heterocycles. The number of nitrogens with two attached hydrogens (primary N) is 1. The van der Waals surface area contributed by atoms with Crippen molar-refractivity contribution in [2.24, 2.45) is 0 Å². The Balaban J connectivity index is 0.00000176. The van der Waals surface area contributed by atoms with Crippen LogP contribution < -0.4 is 5.73 Å². The molecule has 1 aliphatic heterocycles. The summed E-state index contributed by atoms with van der Waals surface area (Å²) in [6.07, 6.45) is 5.90. The van der Waals surface area contributed by atoms with Crippen molar-refractivity contribution in [1.82, 2.24) is 9.80 Å². The molecule has 3 rings (SSSR count). The molecule has 1 aromatic rings. The van der Waals surface area contributed by atoms with Crippen molar-refractivity contribution in [3.05, 3.63) is 29.8 Å². The molecule has 2 N–H and O–H groups in total. The highest BCUT2D eigenvalue weighted by Crippen LogP contribution is 2.24. The maximum absolute atomic E-state index is 12.4. The topological polar surface area (TPSA) is 49.6 Å². The number of hydrogen-bond acceptors (Lipinski definition) is 3. The number of piperazine rings is 1. The highest BCUT2D eigenvalue weighted by Gasteiger charge is 2.27. The average molecular weight is 324 g/mol. The predicted octanol–water partition coefficient (Wildman–Crippen LogP) is 2.32. The molecule has 0 radical (unpaired) electrons. The molecule has 2 aliphatic rings. The van der Waals surface area contributed by atoms with Crippen molar-refractivity contribution in [3.63, 3.8) is 0 Å². The molecule has 1 saturated heterocycles. The van der Waals surface area contributed by atoms with Gasteiger partial charge in [-0.3, -0.25) is 9.69 Å². The second kappa shape index (κ2) is 7.84. The molecule has 0 bridgehead atoms. The van der Waals surface area contributed by atoms with Gasteiger partial charge in [-0.15, -0.1) is 12.4 Å². The molecule has 5 heteroatoms. The molecule has 1 amide bonds. The van der Waals surface area contributed by atoms with Gasteiger partial charge in [-0.1, -0.05) is 25.0 Å². The molecule has 122 valence electrons. The summed E-state index contributed by atoms with van der Waals surface area (Å²) in [6.45, 7) is 3.82. The average Bonchev–Trinajstić information content (AvgIpc) is 3.01. The van der Waals surface area contributed by atoms with Crippen molar-refractivity contribution in [2.45, 2.75) is 38.1 Å². The normalized spacial score (nSPS) is 19.9. The van der Waals surface area contributed by atoms with Crippen LogP contribution in [0.25, 0.3) is 0 Å². The summed E-state index contributed by atoms with van der Waals surface area (Å²) in [6, 6.07) is 8.41. The Morgan fingerprint density at radius 1 is 1.14 bits per heavy atom. The molecule has 0 spiro atoms. The Kier molecular flexibility index (Phi) is 6.09. The zero-order valence-electron chi connectivity index (χ0n) is 13.0. The van der Waals surface area contributed by atoms with E-state index >= 15 is 0 Å². The quantitative estimate of drug-likeness (QED) is 0.868. The van der Waals surface area contributed by atoms with E-state index in [2.05, 4.69) is 4.90 Å². The van der Waals surface area contributed by atoms with Gasteiger partial charge in [0.15, 0.2) is 0 Å². The first-order valence-corrected chi connectivity index (χ1v) is 8.08. The van der Waals surface area contributed by atoms with Crippen molar-refractivity contribution in [2.75, 3.05) is 31.9 Å². The highest BCUT2D eigenvalue weighted by molar-refractivity contribution is 5.85. The fraction of sp³-hybridized carbons (Fsp3) is 0.588. The summed E-state index contributed by atoms with van der Waals surface area (Å²) in [5.41, 5.74) is 7.51. The van der Waals surface area contributed by atoms with Gasteiger partial charge in [0.2, 0.25) is 5.91 Å². The highest BCUT2D eigenvalue weighted by atomic mass is 35.5. The molecular weight excluding hydrogens is 298 g/mol. The van der Waals surface area contributed by atoms with Gasteiger partial charge >= 0.3 is 0 Å². The number of hydrogen-bond donors (Lipinski definition) is 1. The number of benzene rings is 1. The van der Waals surface area contributed by atoms with E-state index in [1.165, 1.54) is 25.7 Å². The lowest BCUT2D eigenvalue weighted by Crippen LogP contribution is -2.51. The fourth-order valence-electron chi connectivity index (χ4n) is 3.60. The van der Waals surface area contributed by atoms with E-state index < -0.39 is 0 Å². The maximum Gasteiger partial charge on any atom is 0.227 e. The minimum atomic E-state index is 0. The second-order valence-electron chi connectivity index (χ2n) is 6.28. The molecule has 0 unspecified atom stereocenters. The third kappa shape index (κ3) is 4.14. The van der Waals surface area contributed by atoms with E-state index in [1.807, 2.05) is 29.2 Å². The SMILES string of the molecule is Cl.Nc1cccc(CC(=O)N2CCN(C3CCCC3)CC2)c1. The Hall–Kier alpha value is -1.26. The van der Waals surface area contributed by atoms with Crippen LogP contribution in [-0.4, -0.2) is 47.9 Å². The van der Waals surface area contributed by atoms with Crippen LogP contribution in [0.1, 0.15) is 31.2 Å². The molecule has 1 saturated carbocycles. The second-order valence-corrected chi connectivity index (χ2v) is 6.28. The predicted molar refractivity (Wildman–Crippen MR) is 92.2 cm³/mol. The fourth-order valence-corrected chi connectivity index (χ4v) is 3.60. The summed E-state index contributed by atoms with van der Waals surface area (Å²) in [4.78, 5) is 17.0. The minimum Gasteiger partial charge on any atom is -0.399 e. The summed E-state index contributed by atoms with van der Waals surface area (Å²) in [7, 11) is 0. The summed E-state index contributed by atoms with van der Waals surface area (Å²) in [5, 5.41) is 0. The first kappa shape index (κ1) is 17.1. The number of anilines is 1. The summed E-state index contributed by atoms with van der Waals surface area (Å²) in [5.74, 6) is 0.228. The summed E-state index contributed by atoms with van der Waals surface area (Å²) >= 11 is 0. The molecular formula is C17H26ClN3O. The largest absolute Gasteiger partial charge is 0.399 e. The molecule has 1 heterocycles. The smallest absolute Gasteiger partial charge is 0.227 e. The molecule has 22 heavy (non-hydrogen) atoms. The van der Waals surface area contributed by atoms with Crippen LogP contribution in [0, 0.1) is 0 Å². The zero-order valence-corrected chi connectivity index (χ0v) is 13.9. The number of carbonyl (C=O) groups is 1. The van der Waals surface area contributed by atoms with E-state index in [1.54, 1.807) is 0 Å². The molecule has 1 aromatic carbocycles. The van der Waals surface area contributed by atoms with Gasteiger partial charge in [0.1, 0.15) is 0 Å². The van der Waals surface area contributed by atoms with Gasteiger partial charge in [0, 0.05) is 37.9 Å². The van der Waals surface area contributed by atoms with E-state index in [0.29, 0.717) is 6.42 Å². The zero-order chi connectivity index (χ0) is 14.7. The number of nitrogen functional groups attached to an aromatic ring is 1. The van der Waals surface area contributed by atoms with Gasteiger partial charge < -0.3 is 10.6 Å². The van der Waals surface area contributed by atoms with Crippen molar-refractivity contribution < 1.29 is 4.79 Å². The van der Waals surface area contributed by atoms with Gasteiger partial charge in [0.25, 0.3) is 0 Å². The van der Waals surface area contributed by atoms with Gasteiger partial charge in [-0.25, -0.2) is 0 Å². The monoisotopic (exact) mass is 323 g/mol. The molecule has 2 fully saturated rings. The van der Waals surface area contributed by atoms with E-state index in [-0.39, 0.29) is 18.3 Å². The van der Waals surface area contributed by atoms with Gasteiger partial charge in [-0.2, -0.15) is 0 Å². The van der Waals surface area contributed by atoms with Crippen molar-refractivity contribution >= 4 is 24.0 Å². The minimum absolute atomic E-state index is 0. The van der Waals surface area contributed by atoms with E-state index in [0.717, 1.165) is 43.5 Å². The Labute approximate surface area is 139 Å². The van der Waals surface area contributed by atoms with Gasteiger partial charge in [-0.05, 0) is 30.5 Å². The lowest BCUT2D eigenvalue weighted by Gasteiger charge is -2.38. The number of nitrogens with zero attached hydrogens (tertiary/aromatic N) is 2. The standard InChI is InChI=1S/C17H25N3O.ClH/c18-15-5-3-4-14(12-15)13-17(21)20-10-8-19(9-11-20)16-6-1-2-7-16;/h3-5,12,16H,1-2,6-11,13,18H2;1H. The number of halogens is 1. The maximum atomic E-state index is 12.4. The lowest BCUT2D eigenvalue weighted by molar-refractivity contribution is -0.132. The lowest BCUT2D eigenvalue weighted by atomic mass is 10.1. The molecule has 1 aliphatic carbocycles. The molecule has 0 atom stereocenters. The Morgan fingerprint density at radius 3 is 2.45 bits per heavy atom. The van der Waals surface area contributed by atoms with Crippen molar-refractivity contribution in [1.29, 1.82) is 0 Å². The van der Waals surface area contributed by atoms with Crippen LogP contribution in [0.15, 0.2) is 24.3 Å². The van der Waals surface area contributed by atoms with Gasteiger partial charge in [0.05, 0.1) is 6.42 Å². The van der Waals surface area contributed by atoms with Crippen molar-refractivity contribution in [3.8, 4) is 0 Å². The first-order valence-electron chi connectivity index (χ1n) is 8.08. The number of carbonyl (C=O) groups excluding carboxylic acids is 1.